The zero-order chi connectivity index (χ0) is 25.1. The average Bonchev–Trinajstić information content (AvgIpc) is 2.85. The number of amides is 2. The number of likely N-dealkylation sites (tertiary alicyclic amines) is 1. The SMILES string of the molecule is Cc1ccc(S(=O)(=O)c2ccccc2)cc1S(=O)(=O)NC1CCN(C(=O)NC2CCCCC2)CC1. The summed E-state index contributed by atoms with van der Waals surface area (Å²) in [5, 5.41) is 3.11. The van der Waals surface area contributed by atoms with Crippen molar-refractivity contribution in [3.05, 3.63) is 54.1 Å². The molecule has 2 N–H and O–H groups in total. The number of benzene rings is 2. The summed E-state index contributed by atoms with van der Waals surface area (Å²) in [6, 6.07) is 12.0. The Morgan fingerprint density at radius 1 is 0.829 bits per heavy atom. The van der Waals surface area contributed by atoms with Crippen LogP contribution in [-0.4, -0.2) is 52.9 Å². The lowest BCUT2D eigenvalue weighted by Crippen LogP contribution is -2.51. The molecule has 8 nitrogen and oxygen atoms in total. The van der Waals surface area contributed by atoms with E-state index in [-0.39, 0.29) is 32.8 Å². The molecule has 0 spiro atoms. The largest absolute Gasteiger partial charge is 0.335 e. The van der Waals surface area contributed by atoms with Crippen molar-refractivity contribution in [2.45, 2.75) is 78.6 Å². The van der Waals surface area contributed by atoms with Gasteiger partial charge in [0.15, 0.2) is 0 Å². The first-order valence-electron chi connectivity index (χ1n) is 12.2. The number of nitrogens with one attached hydrogen (secondary N) is 2. The predicted octanol–water partition coefficient (Wildman–Crippen LogP) is 3.61. The second kappa shape index (κ2) is 10.7. The molecule has 2 aromatic rings. The summed E-state index contributed by atoms with van der Waals surface area (Å²) < 4.78 is 55.2. The van der Waals surface area contributed by atoms with Crippen molar-refractivity contribution in [2.24, 2.45) is 0 Å². The molecule has 1 aliphatic carbocycles. The summed E-state index contributed by atoms with van der Waals surface area (Å²) in [4.78, 5) is 14.3. The Morgan fingerprint density at radius 3 is 2.14 bits per heavy atom. The maximum absolute atomic E-state index is 13.2. The zero-order valence-electron chi connectivity index (χ0n) is 19.9. The molecule has 1 saturated carbocycles. The Kier molecular flexibility index (Phi) is 7.83. The smallest absolute Gasteiger partial charge is 0.317 e. The van der Waals surface area contributed by atoms with Crippen LogP contribution in [0.5, 0.6) is 0 Å². The molecule has 4 rings (SSSR count). The number of carbonyl (C=O) groups excluding carboxylic acids is 1. The van der Waals surface area contributed by atoms with Gasteiger partial charge < -0.3 is 10.2 Å². The minimum atomic E-state index is -3.95. The van der Waals surface area contributed by atoms with Crippen molar-refractivity contribution in [1.82, 2.24) is 14.9 Å². The van der Waals surface area contributed by atoms with Gasteiger partial charge in [0.2, 0.25) is 19.9 Å². The maximum atomic E-state index is 13.2. The van der Waals surface area contributed by atoms with Crippen molar-refractivity contribution >= 4 is 25.9 Å². The second-order valence-corrected chi connectivity index (χ2v) is 13.0. The van der Waals surface area contributed by atoms with E-state index in [1.54, 1.807) is 30.0 Å². The Labute approximate surface area is 208 Å². The number of hydrogen-bond acceptors (Lipinski definition) is 5. The molecule has 190 valence electrons. The van der Waals surface area contributed by atoms with Crippen LogP contribution in [0.25, 0.3) is 0 Å². The number of aryl methyl sites for hydroxylation is 1. The zero-order valence-corrected chi connectivity index (χ0v) is 21.6. The fourth-order valence-corrected chi connectivity index (χ4v) is 7.73. The lowest BCUT2D eigenvalue weighted by molar-refractivity contribution is 0.173. The van der Waals surface area contributed by atoms with E-state index < -0.39 is 19.9 Å². The minimum Gasteiger partial charge on any atom is -0.335 e. The van der Waals surface area contributed by atoms with E-state index >= 15 is 0 Å². The van der Waals surface area contributed by atoms with Crippen LogP contribution in [0.4, 0.5) is 4.79 Å². The summed E-state index contributed by atoms with van der Waals surface area (Å²) in [6.45, 7) is 2.58. The predicted molar refractivity (Wildman–Crippen MR) is 133 cm³/mol. The topological polar surface area (TPSA) is 113 Å². The molecule has 0 aromatic heterocycles. The van der Waals surface area contributed by atoms with Crippen LogP contribution in [0.1, 0.15) is 50.5 Å². The van der Waals surface area contributed by atoms with Crippen LogP contribution in [-0.2, 0) is 19.9 Å². The van der Waals surface area contributed by atoms with Crippen molar-refractivity contribution in [3.8, 4) is 0 Å². The minimum absolute atomic E-state index is 0.0491. The molecule has 2 fully saturated rings. The first-order valence-corrected chi connectivity index (χ1v) is 15.1. The van der Waals surface area contributed by atoms with Gasteiger partial charge in [-0.25, -0.2) is 26.4 Å². The van der Waals surface area contributed by atoms with Gasteiger partial charge in [-0.05, 0) is 62.4 Å². The van der Waals surface area contributed by atoms with Gasteiger partial charge >= 0.3 is 6.03 Å². The fourth-order valence-electron chi connectivity index (χ4n) is 4.77. The van der Waals surface area contributed by atoms with Crippen LogP contribution < -0.4 is 10.0 Å². The van der Waals surface area contributed by atoms with Crippen LogP contribution in [0.2, 0.25) is 0 Å². The fraction of sp³-hybridized carbons (Fsp3) is 0.480. The van der Waals surface area contributed by atoms with Gasteiger partial charge in [0, 0.05) is 25.2 Å². The first kappa shape index (κ1) is 25.7. The van der Waals surface area contributed by atoms with Gasteiger partial charge in [-0.15, -0.1) is 0 Å². The highest BCUT2D eigenvalue weighted by Crippen LogP contribution is 2.26. The summed E-state index contributed by atoms with van der Waals surface area (Å²) in [6.07, 6.45) is 6.53. The molecule has 0 radical (unpaired) electrons. The normalized spacial score (nSPS) is 18.4. The molecule has 1 saturated heterocycles. The highest BCUT2D eigenvalue weighted by atomic mass is 32.2. The lowest BCUT2D eigenvalue weighted by atomic mass is 9.95. The van der Waals surface area contributed by atoms with E-state index in [1.165, 1.54) is 36.8 Å². The van der Waals surface area contributed by atoms with E-state index in [0.717, 1.165) is 25.7 Å². The lowest BCUT2D eigenvalue weighted by Gasteiger charge is -2.34. The summed E-state index contributed by atoms with van der Waals surface area (Å²) in [7, 11) is -7.79. The third-order valence-corrected chi connectivity index (χ3v) is 10.3. The van der Waals surface area contributed by atoms with E-state index in [9.17, 15) is 21.6 Å². The number of piperidine rings is 1. The third-order valence-electron chi connectivity index (χ3n) is 6.85. The average molecular weight is 520 g/mol. The second-order valence-electron chi connectivity index (χ2n) is 9.41. The Hall–Kier alpha value is -2.43. The van der Waals surface area contributed by atoms with Gasteiger partial charge in [0.1, 0.15) is 0 Å². The standard InChI is InChI=1S/C25H33N3O5S2/c1-19-12-13-23(34(30,31)22-10-6-3-7-11-22)18-24(19)35(32,33)27-21-14-16-28(17-15-21)25(29)26-20-8-4-2-5-9-20/h3,6-7,10-13,18,20-21,27H,2,4-5,8-9,14-17H2,1H3,(H,26,29). The quantitative estimate of drug-likeness (QED) is 0.605. The Morgan fingerprint density at radius 2 is 1.49 bits per heavy atom. The van der Waals surface area contributed by atoms with Gasteiger partial charge in [-0.1, -0.05) is 43.5 Å². The van der Waals surface area contributed by atoms with Crippen LogP contribution in [0, 0.1) is 6.92 Å². The number of urea groups is 1. The molecule has 1 heterocycles. The van der Waals surface area contributed by atoms with E-state index in [4.69, 9.17) is 0 Å². The molecule has 0 bridgehead atoms. The Bertz CT molecular complexity index is 1250. The summed E-state index contributed by atoms with van der Waals surface area (Å²) in [5.74, 6) is 0. The molecule has 0 atom stereocenters. The van der Waals surface area contributed by atoms with Crippen molar-refractivity contribution in [2.75, 3.05) is 13.1 Å². The first-order chi connectivity index (χ1) is 16.7. The molecule has 2 aliphatic rings. The third kappa shape index (κ3) is 6.05. The van der Waals surface area contributed by atoms with Crippen LogP contribution in [0.15, 0.2) is 63.2 Å². The summed E-state index contributed by atoms with van der Waals surface area (Å²) in [5.41, 5.74) is 0.466. The summed E-state index contributed by atoms with van der Waals surface area (Å²) >= 11 is 0. The van der Waals surface area contributed by atoms with Crippen molar-refractivity contribution in [3.63, 3.8) is 0 Å². The Balaban J connectivity index is 1.41. The van der Waals surface area contributed by atoms with Crippen molar-refractivity contribution in [1.29, 1.82) is 0 Å². The molecule has 0 unspecified atom stereocenters. The van der Waals surface area contributed by atoms with Gasteiger partial charge in [0.05, 0.1) is 14.7 Å². The number of nitrogens with zero attached hydrogens (tertiary/aromatic N) is 1. The molecule has 10 heteroatoms. The van der Waals surface area contributed by atoms with E-state index in [0.29, 0.717) is 31.5 Å². The maximum Gasteiger partial charge on any atom is 0.317 e. The number of sulfonamides is 1. The van der Waals surface area contributed by atoms with Crippen LogP contribution >= 0.6 is 0 Å². The van der Waals surface area contributed by atoms with E-state index in [1.807, 2.05) is 0 Å². The molecule has 2 aromatic carbocycles. The van der Waals surface area contributed by atoms with E-state index in [2.05, 4.69) is 10.0 Å². The molecular formula is C25H33N3O5S2. The van der Waals surface area contributed by atoms with Gasteiger partial charge in [-0.3, -0.25) is 0 Å². The monoisotopic (exact) mass is 519 g/mol. The number of hydrogen-bond donors (Lipinski definition) is 2. The van der Waals surface area contributed by atoms with Gasteiger partial charge in [-0.2, -0.15) is 0 Å². The van der Waals surface area contributed by atoms with Crippen molar-refractivity contribution < 1.29 is 21.6 Å². The highest BCUT2D eigenvalue weighted by molar-refractivity contribution is 7.91. The molecule has 1 aliphatic heterocycles. The molecule has 35 heavy (non-hydrogen) atoms. The number of rotatable bonds is 6. The highest BCUT2D eigenvalue weighted by Gasteiger charge is 2.29. The van der Waals surface area contributed by atoms with Gasteiger partial charge in [0.25, 0.3) is 0 Å². The number of carbonyl (C=O) groups is 1. The number of sulfone groups is 1. The van der Waals surface area contributed by atoms with Crippen LogP contribution in [0.3, 0.4) is 0 Å². The molecular weight excluding hydrogens is 486 g/mol. The molecule has 2 amide bonds.